The van der Waals surface area contributed by atoms with Gasteiger partial charge >= 0.3 is 0 Å². The molecule has 0 bridgehead atoms. The third-order valence-corrected chi connectivity index (χ3v) is 4.31. The molecular formula is C17H15ClN2O3. The molecule has 0 aromatic heterocycles. The number of rotatable bonds is 3. The predicted molar refractivity (Wildman–Crippen MR) is 87.7 cm³/mol. The van der Waals surface area contributed by atoms with Crippen LogP contribution in [0.15, 0.2) is 42.5 Å². The molecule has 5 nitrogen and oxygen atoms in total. The molecule has 2 aromatic rings. The number of carbonyl (C=O) groups is 1. The summed E-state index contributed by atoms with van der Waals surface area (Å²) in [4.78, 5) is 23.0. The SMILES string of the molecule is O=C(N[C@H]1CCCc2ccccc21)c1ccc(Cl)cc1[N+](=O)[O-]. The van der Waals surface area contributed by atoms with E-state index in [0.717, 1.165) is 24.8 Å². The van der Waals surface area contributed by atoms with Gasteiger partial charge in [0.15, 0.2) is 0 Å². The summed E-state index contributed by atoms with van der Waals surface area (Å²) in [6.07, 6.45) is 2.79. The molecule has 23 heavy (non-hydrogen) atoms. The quantitative estimate of drug-likeness (QED) is 0.681. The second-order valence-electron chi connectivity index (χ2n) is 5.54. The van der Waals surface area contributed by atoms with E-state index in [1.165, 1.54) is 23.8 Å². The van der Waals surface area contributed by atoms with E-state index in [1.54, 1.807) is 0 Å². The number of hydrogen-bond acceptors (Lipinski definition) is 3. The second-order valence-corrected chi connectivity index (χ2v) is 5.97. The number of hydrogen-bond donors (Lipinski definition) is 1. The van der Waals surface area contributed by atoms with Crippen LogP contribution in [0.5, 0.6) is 0 Å². The molecule has 6 heteroatoms. The van der Waals surface area contributed by atoms with Gasteiger partial charge in [0, 0.05) is 11.1 Å². The van der Waals surface area contributed by atoms with Crippen molar-refractivity contribution in [2.45, 2.75) is 25.3 Å². The van der Waals surface area contributed by atoms with Gasteiger partial charge in [-0.05, 0) is 42.5 Å². The molecule has 0 saturated carbocycles. The maximum Gasteiger partial charge on any atom is 0.283 e. The first-order chi connectivity index (χ1) is 11.1. The second kappa shape index (κ2) is 6.38. The van der Waals surface area contributed by atoms with Crippen molar-refractivity contribution in [1.82, 2.24) is 5.32 Å². The monoisotopic (exact) mass is 330 g/mol. The zero-order chi connectivity index (χ0) is 16.4. The standard InChI is InChI=1S/C17H15ClN2O3/c18-12-8-9-14(16(10-12)20(22)23)17(21)19-15-7-3-5-11-4-1-2-6-13(11)15/h1-2,4,6,8-10,15H,3,5,7H2,(H,19,21)/t15-/m0/s1. The number of amides is 1. The summed E-state index contributed by atoms with van der Waals surface area (Å²) in [5, 5.41) is 14.3. The number of nitro groups is 1. The van der Waals surface area contributed by atoms with E-state index < -0.39 is 10.8 Å². The van der Waals surface area contributed by atoms with E-state index in [-0.39, 0.29) is 22.3 Å². The van der Waals surface area contributed by atoms with E-state index in [2.05, 4.69) is 11.4 Å². The Morgan fingerprint density at radius 1 is 1.26 bits per heavy atom. The van der Waals surface area contributed by atoms with Gasteiger partial charge in [-0.15, -0.1) is 0 Å². The summed E-state index contributed by atoms with van der Waals surface area (Å²) in [7, 11) is 0. The van der Waals surface area contributed by atoms with Crippen LogP contribution in [0.1, 0.15) is 40.4 Å². The lowest BCUT2D eigenvalue weighted by Gasteiger charge is -2.26. The van der Waals surface area contributed by atoms with Crippen molar-refractivity contribution in [3.05, 3.63) is 74.3 Å². The average Bonchev–Trinajstić information content (AvgIpc) is 2.55. The smallest absolute Gasteiger partial charge is 0.283 e. The molecule has 0 spiro atoms. The van der Waals surface area contributed by atoms with Crippen molar-refractivity contribution in [1.29, 1.82) is 0 Å². The Balaban J connectivity index is 1.88. The molecular weight excluding hydrogens is 316 g/mol. The van der Waals surface area contributed by atoms with Crippen molar-refractivity contribution in [3.63, 3.8) is 0 Å². The van der Waals surface area contributed by atoms with Gasteiger partial charge in [-0.2, -0.15) is 0 Å². The van der Waals surface area contributed by atoms with E-state index >= 15 is 0 Å². The fourth-order valence-electron chi connectivity index (χ4n) is 2.99. The number of halogens is 1. The zero-order valence-electron chi connectivity index (χ0n) is 12.3. The molecule has 1 aliphatic rings. The van der Waals surface area contributed by atoms with Gasteiger partial charge in [-0.3, -0.25) is 14.9 Å². The van der Waals surface area contributed by atoms with E-state index in [0.29, 0.717) is 0 Å². The fraction of sp³-hybridized carbons (Fsp3) is 0.235. The van der Waals surface area contributed by atoms with Crippen molar-refractivity contribution in [3.8, 4) is 0 Å². The topological polar surface area (TPSA) is 72.2 Å². The highest BCUT2D eigenvalue weighted by Gasteiger charge is 2.25. The van der Waals surface area contributed by atoms with Crippen molar-refractivity contribution >= 4 is 23.2 Å². The van der Waals surface area contributed by atoms with Crippen LogP contribution in [-0.4, -0.2) is 10.8 Å². The molecule has 0 saturated heterocycles. The Bertz CT molecular complexity index is 776. The fourth-order valence-corrected chi connectivity index (χ4v) is 3.15. The number of benzene rings is 2. The van der Waals surface area contributed by atoms with Crippen LogP contribution in [0.2, 0.25) is 5.02 Å². The Morgan fingerprint density at radius 3 is 2.83 bits per heavy atom. The van der Waals surface area contributed by atoms with Crippen LogP contribution >= 0.6 is 11.6 Å². The molecule has 3 rings (SSSR count). The van der Waals surface area contributed by atoms with Crippen molar-refractivity contribution in [2.75, 3.05) is 0 Å². The van der Waals surface area contributed by atoms with Crippen LogP contribution in [0, 0.1) is 10.1 Å². The minimum Gasteiger partial charge on any atom is -0.345 e. The van der Waals surface area contributed by atoms with Gasteiger partial charge in [-0.25, -0.2) is 0 Å². The minimum atomic E-state index is -0.588. The molecule has 1 N–H and O–H groups in total. The predicted octanol–water partition coefficient (Wildman–Crippen LogP) is 4.06. The lowest BCUT2D eigenvalue weighted by atomic mass is 9.87. The number of fused-ring (bicyclic) bond motifs is 1. The molecule has 0 heterocycles. The van der Waals surface area contributed by atoms with Crippen LogP contribution in [0.3, 0.4) is 0 Å². The summed E-state index contributed by atoms with van der Waals surface area (Å²) in [6, 6.07) is 11.9. The molecule has 0 fully saturated rings. The van der Waals surface area contributed by atoms with Crippen LogP contribution in [0.4, 0.5) is 5.69 Å². The molecule has 2 aromatic carbocycles. The lowest BCUT2D eigenvalue weighted by molar-refractivity contribution is -0.385. The van der Waals surface area contributed by atoms with Gasteiger partial charge in [0.1, 0.15) is 5.56 Å². The molecule has 118 valence electrons. The molecule has 1 amide bonds. The van der Waals surface area contributed by atoms with E-state index in [1.807, 2.05) is 18.2 Å². The Hall–Kier alpha value is -2.40. The van der Waals surface area contributed by atoms with Gasteiger partial charge in [0.2, 0.25) is 0 Å². The van der Waals surface area contributed by atoms with Gasteiger partial charge < -0.3 is 5.32 Å². The maximum atomic E-state index is 12.5. The highest BCUT2D eigenvalue weighted by molar-refractivity contribution is 6.31. The minimum absolute atomic E-state index is 0.0301. The number of nitrogens with one attached hydrogen (secondary N) is 1. The van der Waals surface area contributed by atoms with Crippen molar-refractivity contribution < 1.29 is 9.72 Å². The highest BCUT2D eigenvalue weighted by Crippen LogP contribution is 2.30. The molecule has 0 aliphatic heterocycles. The third kappa shape index (κ3) is 3.19. The van der Waals surface area contributed by atoms with Gasteiger partial charge in [0.05, 0.1) is 11.0 Å². The van der Waals surface area contributed by atoms with Crippen molar-refractivity contribution in [2.24, 2.45) is 0 Å². The molecule has 1 atom stereocenters. The summed E-state index contributed by atoms with van der Waals surface area (Å²) in [5.41, 5.74) is 2.06. The summed E-state index contributed by atoms with van der Waals surface area (Å²) in [6.45, 7) is 0. The summed E-state index contributed by atoms with van der Waals surface area (Å²) >= 11 is 5.79. The van der Waals surface area contributed by atoms with Crippen LogP contribution < -0.4 is 5.32 Å². The first-order valence-electron chi connectivity index (χ1n) is 7.39. The van der Waals surface area contributed by atoms with Gasteiger partial charge in [-0.1, -0.05) is 35.9 Å². The summed E-state index contributed by atoms with van der Waals surface area (Å²) < 4.78 is 0. The molecule has 1 aliphatic carbocycles. The Kier molecular flexibility index (Phi) is 4.30. The Morgan fingerprint density at radius 2 is 2.04 bits per heavy atom. The number of nitrogens with zero attached hydrogens (tertiary/aromatic N) is 1. The highest BCUT2D eigenvalue weighted by atomic mass is 35.5. The van der Waals surface area contributed by atoms with Crippen LogP contribution in [0.25, 0.3) is 0 Å². The first kappa shape index (κ1) is 15.5. The lowest BCUT2D eigenvalue weighted by Crippen LogP contribution is -2.31. The first-order valence-corrected chi connectivity index (χ1v) is 7.76. The normalized spacial score (nSPS) is 16.5. The number of aryl methyl sites for hydroxylation is 1. The largest absolute Gasteiger partial charge is 0.345 e. The third-order valence-electron chi connectivity index (χ3n) is 4.08. The number of nitro benzene ring substituents is 1. The Labute approximate surface area is 138 Å². The zero-order valence-corrected chi connectivity index (χ0v) is 13.0. The van der Waals surface area contributed by atoms with E-state index in [9.17, 15) is 14.9 Å². The molecule has 0 unspecified atom stereocenters. The number of carbonyl (C=O) groups excluding carboxylic acids is 1. The average molecular weight is 331 g/mol. The molecule has 0 radical (unpaired) electrons. The summed E-state index contributed by atoms with van der Waals surface area (Å²) in [5.74, 6) is -0.449. The van der Waals surface area contributed by atoms with Crippen LogP contribution in [-0.2, 0) is 6.42 Å². The maximum absolute atomic E-state index is 12.5. The van der Waals surface area contributed by atoms with E-state index in [4.69, 9.17) is 11.6 Å². The van der Waals surface area contributed by atoms with Gasteiger partial charge in [0.25, 0.3) is 11.6 Å².